The number of amides is 1. The number of nitrogens with zero attached hydrogens (tertiary/aromatic N) is 2. The highest BCUT2D eigenvalue weighted by molar-refractivity contribution is 5.93. The Kier molecular flexibility index (Phi) is 5.63. The van der Waals surface area contributed by atoms with Crippen LogP contribution in [0.2, 0.25) is 0 Å². The molecule has 0 fully saturated rings. The highest BCUT2D eigenvalue weighted by atomic mass is 16.5. The summed E-state index contributed by atoms with van der Waals surface area (Å²) >= 11 is 0. The molecule has 0 atom stereocenters. The summed E-state index contributed by atoms with van der Waals surface area (Å²) in [7, 11) is 0. The molecule has 1 aromatic carbocycles. The lowest BCUT2D eigenvalue weighted by molar-refractivity contribution is 0.0942. The van der Waals surface area contributed by atoms with Crippen LogP contribution in [0.4, 0.5) is 0 Å². The van der Waals surface area contributed by atoms with Crippen molar-refractivity contribution in [3.05, 3.63) is 65.6 Å². The summed E-state index contributed by atoms with van der Waals surface area (Å²) in [5.74, 6) is 1.07. The Morgan fingerprint density at radius 3 is 2.88 bits per heavy atom. The number of rotatable bonds is 7. The summed E-state index contributed by atoms with van der Waals surface area (Å²) in [4.78, 5) is 16.3. The van der Waals surface area contributed by atoms with Gasteiger partial charge in [0.05, 0.1) is 6.61 Å². The Morgan fingerprint density at radius 1 is 1.27 bits per heavy atom. The molecule has 2 aromatic heterocycles. The molecule has 134 valence electrons. The minimum Gasteiger partial charge on any atom is -0.494 e. The number of benzene rings is 1. The van der Waals surface area contributed by atoms with E-state index in [0.29, 0.717) is 18.9 Å². The monoisotopic (exact) mass is 351 g/mol. The lowest BCUT2D eigenvalue weighted by Gasteiger charge is -2.10. The van der Waals surface area contributed by atoms with Crippen LogP contribution in [0.3, 0.4) is 0 Å². The maximum atomic E-state index is 12.3. The fourth-order valence-corrected chi connectivity index (χ4v) is 2.47. The molecule has 0 saturated carbocycles. The highest BCUT2D eigenvalue weighted by Crippen LogP contribution is 2.20. The number of pyridine rings is 1. The molecule has 0 saturated heterocycles. The Morgan fingerprint density at radius 2 is 2.15 bits per heavy atom. The van der Waals surface area contributed by atoms with Gasteiger partial charge in [-0.25, -0.2) is 0 Å². The lowest BCUT2D eigenvalue weighted by atomic mass is 10.1. The van der Waals surface area contributed by atoms with E-state index in [-0.39, 0.29) is 11.6 Å². The Balaban J connectivity index is 1.61. The van der Waals surface area contributed by atoms with Gasteiger partial charge in [0.15, 0.2) is 11.5 Å². The number of ether oxygens (including phenoxy) is 1. The van der Waals surface area contributed by atoms with Gasteiger partial charge < -0.3 is 14.6 Å². The van der Waals surface area contributed by atoms with Crippen molar-refractivity contribution in [2.75, 3.05) is 6.61 Å². The summed E-state index contributed by atoms with van der Waals surface area (Å²) in [6.07, 6.45) is 4.30. The second-order valence-corrected chi connectivity index (χ2v) is 5.94. The van der Waals surface area contributed by atoms with Crippen LogP contribution in [0.15, 0.2) is 53.3 Å². The lowest BCUT2D eigenvalue weighted by Crippen LogP contribution is -2.23. The summed E-state index contributed by atoms with van der Waals surface area (Å²) < 4.78 is 10.8. The number of aromatic nitrogens is 2. The maximum absolute atomic E-state index is 12.3. The minimum atomic E-state index is -0.283. The molecule has 0 radical (unpaired) electrons. The molecular formula is C20H21N3O3. The third kappa shape index (κ3) is 4.27. The molecule has 6 heteroatoms. The van der Waals surface area contributed by atoms with Gasteiger partial charge >= 0.3 is 0 Å². The molecule has 1 N–H and O–H groups in total. The molecule has 1 amide bonds. The number of nitrogens with one attached hydrogen (secondary N) is 1. The Labute approximate surface area is 152 Å². The van der Waals surface area contributed by atoms with Gasteiger partial charge in [-0.1, -0.05) is 18.1 Å². The normalized spacial score (nSPS) is 10.5. The topological polar surface area (TPSA) is 77.2 Å². The van der Waals surface area contributed by atoms with Crippen LogP contribution in [0.5, 0.6) is 5.75 Å². The fraction of sp³-hybridized carbons (Fsp3) is 0.250. The van der Waals surface area contributed by atoms with Crippen molar-refractivity contribution in [3.8, 4) is 17.1 Å². The third-order valence-electron chi connectivity index (χ3n) is 3.92. The minimum absolute atomic E-state index is 0.240. The van der Waals surface area contributed by atoms with Gasteiger partial charge in [0.25, 0.3) is 5.91 Å². The Bertz CT molecular complexity index is 875. The zero-order valence-electron chi connectivity index (χ0n) is 14.9. The molecule has 0 bridgehead atoms. The fourth-order valence-electron chi connectivity index (χ4n) is 2.47. The first-order valence-corrected chi connectivity index (χ1v) is 8.55. The predicted molar refractivity (Wildman–Crippen MR) is 97.9 cm³/mol. The number of hydrogen-bond acceptors (Lipinski definition) is 5. The third-order valence-corrected chi connectivity index (χ3v) is 3.92. The van der Waals surface area contributed by atoms with Gasteiger partial charge in [-0.15, -0.1) is 0 Å². The molecule has 3 aromatic rings. The van der Waals surface area contributed by atoms with Gasteiger partial charge in [-0.3, -0.25) is 9.78 Å². The van der Waals surface area contributed by atoms with Crippen molar-refractivity contribution in [1.82, 2.24) is 15.5 Å². The van der Waals surface area contributed by atoms with E-state index >= 15 is 0 Å². The first-order chi connectivity index (χ1) is 12.7. The molecular weight excluding hydrogens is 330 g/mol. The zero-order chi connectivity index (χ0) is 18.4. The van der Waals surface area contributed by atoms with Gasteiger partial charge in [-0.2, -0.15) is 0 Å². The summed E-state index contributed by atoms with van der Waals surface area (Å²) in [5, 5.41) is 6.71. The van der Waals surface area contributed by atoms with Crippen LogP contribution in [0, 0.1) is 6.92 Å². The van der Waals surface area contributed by atoms with Crippen LogP contribution in [0.25, 0.3) is 11.3 Å². The summed E-state index contributed by atoms with van der Waals surface area (Å²) in [6, 6.07) is 11.1. The van der Waals surface area contributed by atoms with Gasteiger partial charge in [-0.05, 0) is 48.7 Å². The van der Waals surface area contributed by atoms with Crippen molar-refractivity contribution in [1.29, 1.82) is 0 Å². The van der Waals surface area contributed by atoms with E-state index < -0.39 is 0 Å². The van der Waals surface area contributed by atoms with Crippen LogP contribution >= 0.6 is 0 Å². The second kappa shape index (κ2) is 8.29. The van der Waals surface area contributed by atoms with E-state index in [1.54, 1.807) is 24.5 Å². The van der Waals surface area contributed by atoms with Gasteiger partial charge in [0, 0.05) is 30.6 Å². The van der Waals surface area contributed by atoms with Crippen LogP contribution in [-0.2, 0) is 6.54 Å². The van der Waals surface area contributed by atoms with Crippen molar-refractivity contribution >= 4 is 5.91 Å². The molecule has 0 unspecified atom stereocenters. The van der Waals surface area contributed by atoms with E-state index in [1.807, 2.05) is 31.2 Å². The van der Waals surface area contributed by atoms with Crippen molar-refractivity contribution in [2.45, 2.75) is 26.8 Å². The predicted octanol–water partition coefficient (Wildman–Crippen LogP) is 3.76. The van der Waals surface area contributed by atoms with Crippen LogP contribution in [-0.4, -0.2) is 22.7 Å². The largest absolute Gasteiger partial charge is 0.494 e. The molecule has 2 heterocycles. The van der Waals surface area contributed by atoms with Gasteiger partial charge in [0.1, 0.15) is 5.75 Å². The van der Waals surface area contributed by atoms with Crippen LogP contribution < -0.4 is 10.1 Å². The van der Waals surface area contributed by atoms with E-state index in [0.717, 1.165) is 28.9 Å². The molecule has 0 spiro atoms. The number of carbonyl (C=O) groups is 1. The number of carbonyl (C=O) groups excluding carboxylic acids is 1. The molecule has 26 heavy (non-hydrogen) atoms. The van der Waals surface area contributed by atoms with Crippen LogP contribution in [0.1, 0.15) is 35.0 Å². The van der Waals surface area contributed by atoms with Crippen molar-refractivity contribution < 1.29 is 14.1 Å². The molecule has 0 aliphatic rings. The average Bonchev–Trinajstić information content (AvgIpc) is 3.16. The van der Waals surface area contributed by atoms with E-state index in [1.165, 1.54) is 0 Å². The quantitative estimate of drug-likeness (QED) is 0.701. The highest BCUT2D eigenvalue weighted by Gasteiger charge is 2.14. The van der Waals surface area contributed by atoms with Crippen molar-refractivity contribution in [2.24, 2.45) is 0 Å². The number of hydrogen-bond donors (Lipinski definition) is 1. The first-order valence-electron chi connectivity index (χ1n) is 8.55. The van der Waals surface area contributed by atoms with E-state index in [9.17, 15) is 4.79 Å². The second-order valence-electron chi connectivity index (χ2n) is 5.94. The molecule has 6 nitrogen and oxygen atoms in total. The summed E-state index contributed by atoms with van der Waals surface area (Å²) in [5.41, 5.74) is 3.11. The first kappa shape index (κ1) is 17.7. The summed E-state index contributed by atoms with van der Waals surface area (Å²) in [6.45, 7) is 5.17. The zero-order valence-corrected chi connectivity index (χ0v) is 14.9. The van der Waals surface area contributed by atoms with E-state index in [4.69, 9.17) is 9.26 Å². The average molecular weight is 351 g/mol. The maximum Gasteiger partial charge on any atom is 0.273 e. The number of aryl methyl sites for hydroxylation is 1. The standard InChI is InChI=1S/C20H21N3O3/c1-3-9-25-17-7-6-15(14(2)10-17)13-22-20(24)18-11-19(26-23-18)16-5-4-8-21-12-16/h4-8,10-12H,3,9,13H2,1-2H3,(H,22,24). The smallest absolute Gasteiger partial charge is 0.273 e. The van der Waals surface area contributed by atoms with Gasteiger partial charge in [0.2, 0.25) is 0 Å². The van der Waals surface area contributed by atoms with Crippen molar-refractivity contribution in [3.63, 3.8) is 0 Å². The molecule has 0 aliphatic heterocycles. The Hall–Kier alpha value is -3.15. The molecule has 3 rings (SSSR count). The van der Waals surface area contributed by atoms with E-state index in [2.05, 4.69) is 22.4 Å². The SMILES string of the molecule is CCCOc1ccc(CNC(=O)c2cc(-c3cccnc3)on2)c(C)c1. The molecule has 0 aliphatic carbocycles.